The molecule has 0 unspecified atom stereocenters. The third kappa shape index (κ3) is 4.05. The molecular formula is C10H20N2O3. The van der Waals surface area contributed by atoms with Gasteiger partial charge in [-0.15, -0.1) is 0 Å². The van der Waals surface area contributed by atoms with Gasteiger partial charge in [0.05, 0.1) is 19.8 Å². The number of ether oxygens (including phenoxy) is 1. The fourth-order valence-corrected chi connectivity index (χ4v) is 1.85. The maximum atomic E-state index is 11.2. The molecule has 5 heteroatoms. The number of hydrogen-bond acceptors (Lipinski definition) is 4. The Morgan fingerprint density at radius 1 is 1.40 bits per heavy atom. The first-order valence-corrected chi connectivity index (χ1v) is 5.54. The quantitative estimate of drug-likeness (QED) is 0.728. The van der Waals surface area contributed by atoms with E-state index in [9.17, 15) is 4.79 Å². The molecule has 88 valence electrons. The molecule has 0 aromatic heterocycles. The summed E-state index contributed by atoms with van der Waals surface area (Å²) in [6.45, 7) is 2.14. The number of rotatable bonds is 4. The second-order valence-electron chi connectivity index (χ2n) is 3.63. The molecule has 1 N–H and O–H groups in total. The van der Waals surface area contributed by atoms with Gasteiger partial charge in [-0.25, -0.2) is 10.2 Å². The molecule has 0 bridgehead atoms. The molecule has 0 atom stereocenters. The summed E-state index contributed by atoms with van der Waals surface area (Å²) in [6.07, 6.45) is 5.31. The number of carbonyl (C=O) groups is 1. The van der Waals surface area contributed by atoms with E-state index in [1.54, 1.807) is 14.0 Å². The van der Waals surface area contributed by atoms with Crippen LogP contribution in [-0.2, 0) is 9.57 Å². The van der Waals surface area contributed by atoms with Gasteiger partial charge in [-0.1, -0.05) is 24.4 Å². The summed E-state index contributed by atoms with van der Waals surface area (Å²) in [5.41, 5.74) is 2.59. The van der Waals surface area contributed by atoms with Crippen LogP contribution in [0.2, 0.25) is 0 Å². The molecule has 0 heterocycles. The van der Waals surface area contributed by atoms with E-state index in [-0.39, 0.29) is 6.04 Å². The number of nitrogens with one attached hydrogen (secondary N) is 1. The average molecular weight is 216 g/mol. The molecule has 1 saturated carbocycles. The van der Waals surface area contributed by atoms with Gasteiger partial charge >= 0.3 is 6.09 Å². The molecule has 1 aliphatic carbocycles. The van der Waals surface area contributed by atoms with Crippen LogP contribution in [0.15, 0.2) is 0 Å². The number of hydrogen-bond donors (Lipinski definition) is 1. The molecule has 0 aliphatic heterocycles. The molecular weight excluding hydrogens is 196 g/mol. The van der Waals surface area contributed by atoms with Crippen molar-refractivity contribution < 1.29 is 14.4 Å². The fourth-order valence-electron chi connectivity index (χ4n) is 1.85. The minimum Gasteiger partial charge on any atom is -0.449 e. The number of hydroxylamine groups is 1. The maximum Gasteiger partial charge on any atom is 0.423 e. The highest BCUT2D eigenvalue weighted by atomic mass is 16.7. The van der Waals surface area contributed by atoms with E-state index in [4.69, 9.17) is 9.57 Å². The maximum absolute atomic E-state index is 11.2. The molecule has 0 spiro atoms. The Balaban J connectivity index is 2.36. The van der Waals surface area contributed by atoms with Crippen LogP contribution in [0.5, 0.6) is 0 Å². The number of amides is 1. The van der Waals surface area contributed by atoms with Crippen molar-refractivity contribution in [2.24, 2.45) is 0 Å². The van der Waals surface area contributed by atoms with Crippen LogP contribution in [0.3, 0.4) is 0 Å². The van der Waals surface area contributed by atoms with E-state index >= 15 is 0 Å². The average Bonchev–Trinajstić information content (AvgIpc) is 2.27. The van der Waals surface area contributed by atoms with E-state index in [1.165, 1.54) is 24.4 Å². The third-order valence-corrected chi connectivity index (χ3v) is 2.58. The van der Waals surface area contributed by atoms with Gasteiger partial charge in [0, 0.05) is 0 Å². The molecule has 15 heavy (non-hydrogen) atoms. The lowest BCUT2D eigenvalue weighted by molar-refractivity contribution is -0.198. The van der Waals surface area contributed by atoms with Crippen molar-refractivity contribution in [3.8, 4) is 0 Å². The predicted octanol–water partition coefficient (Wildman–Crippen LogP) is 1.84. The summed E-state index contributed by atoms with van der Waals surface area (Å²) < 4.78 is 4.79. The van der Waals surface area contributed by atoms with Crippen LogP contribution < -0.4 is 5.43 Å². The zero-order chi connectivity index (χ0) is 11.1. The molecule has 0 radical (unpaired) electrons. The van der Waals surface area contributed by atoms with Crippen molar-refractivity contribution in [3.05, 3.63) is 0 Å². The molecule has 0 aromatic rings. The second kappa shape index (κ2) is 6.63. The topological polar surface area (TPSA) is 50.8 Å². The van der Waals surface area contributed by atoms with Crippen LogP contribution in [0.1, 0.15) is 39.0 Å². The Morgan fingerprint density at radius 3 is 2.60 bits per heavy atom. The molecule has 1 rings (SSSR count). The van der Waals surface area contributed by atoms with Gasteiger partial charge in [0.25, 0.3) is 0 Å². The van der Waals surface area contributed by atoms with E-state index in [2.05, 4.69) is 5.43 Å². The number of hydrazine groups is 1. The van der Waals surface area contributed by atoms with E-state index < -0.39 is 6.09 Å². The highest BCUT2D eigenvalue weighted by Gasteiger charge is 2.23. The SMILES string of the molecule is CCOC(=O)NN(OC)C1CCCCC1. The van der Waals surface area contributed by atoms with Crippen LogP contribution in [0, 0.1) is 0 Å². The Bertz CT molecular complexity index is 193. The van der Waals surface area contributed by atoms with Crippen molar-refractivity contribution in [2.75, 3.05) is 13.7 Å². The summed E-state index contributed by atoms with van der Waals surface area (Å²) in [7, 11) is 1.56. The van der Waals surface area contributed by atoms with Gasteiger partial charge in [0.2, 0.25) is 0 Å². The fraction of sp³-hybridized carbons (Fsp3) is 0.900. The van der Waals surface area contributed by atoms with Gasteiger partial charge in [-0.05, 0) is 19.8 Å². The smallest absolute Gasteiger partial charge is 0.423 e. The summed E-state index contributed by atoms with van der Waals surface area (Å²) in [5, 5.41) is 1.51. The highest BCUT2D eigenvalue weighted by molar-refractivity contribution is 5.66. The second-order valence-corrected chi connectivity index (χ2v) is 3.63. The molecule has 0 aromatic carbocycles. The van der Waals surface area contributed by atoms with E-state index in [0.29, 0.717) is 6.61 Å². The van der Waals surface area contributed by atoms with Crippen molar-refractivity contribution in [3.63, 3.8) is 0 Å². The van der Waals surface area contributed by atoms with Crippen molar-refractivity contribution in [1.29, 1.82) is 0 Å². The minimum absolute atomic E-state index is 0.271. The molecule has 1 amide bonds. The minimum atomic E-state index is -0.454. The van der Waals surface area contributed by atoms with Crippen molar-refractivity contribution in [2.45, 2.75) is 45.1 Å². The normalized spacial score (nSPS) is 17.8. The van der Waals surface area contributed by atoms with E-state index in [1.807, 2.05) is 0 Å². The van der Waals surface area contributed by atoms with Crippen molar-refractivity contribution in [1.82, 2.24) is 10.6 Å². The summed E-state index contributed by atoms with van der Waals surface area (Å²) >= 11 is 0. The summed E-state index contributed by atoms with van der Waals surface area (Å²) in [4.78, 5) is 16.3. The van der Waals surface area contributed by atoms with Gasteiger partial charge in [-0.2, -0.15) is 0 Å². The third-order valence-electron chi connectivity index (χ3n) is 2.58. The van der Waals surface area contributed by atoms with Crippen LogP contribution in [0.4, 0.5) is 4.79 Å². The van der Waals surface area contributed by atoms with Crippen LogP contribution >= 0.6 is 0 Å². The summed E-state index contributed by atoms with van der Waals surface area (Å²) in [6, 6.07) is 0.271. The van der Waals surface area contributed by atoms with Crippen LogP contribution in [-0.4, -0.2) is 31.0 Å². The monoisotopic (exact) mass is 216 g/mol. The first kappa shape index (κ1) is 12.3. The van der Waals surface area contributed by atoms with E-state index in [0.717, 1.165) is 12.8 Å². The molecule has 1 fully saturated rings. The molecule has 5 nitrogen and oxygen atoms in total. The summed E-state index contributed by atoms with van der Waals surface area (Å²) in [5.74, 6) is 0. The number of nitrogens with zero attached hydrogens (tertiary/aromatic N) is 1. The standard InChI is InChI=1S/C10H20N2O3/c1-3-15-10(13)11-12(14-2)9-7-5-4-6-8-9/h9H,3-8H2,1-2H3,(H,11,13). The van der Waals surface area contributed by atoms with Crippen LogP contribution in [0.25, 0.3) is 0 Å². The van der Waals surface area contributed by atoms with Gasteiger partial charge < -0.3 is 4.74 Å². The zero-order valence-corrected chi connectivity index (χ0v) is 9.49. The highest BCUT2D eigenvalue weighted by Crippen LogP contribution is 2.21. The number of carbonyl (C=O) groups excluding carboxylic acids is 1. The lowest BCUT2D eigenvalue weighted by atomic mass is 9.96. The van der Waals surface area contributed by atoms with Gasteiger partial charge in [0.15, 0.2) is 0 Å². The Hall–Kier alpha value is -0.810. The Morgan fingerprint density at radius 2 is 2.07 bits per heavy atom. The lowest BCUT2D eigenvalue weighted by Crippen LogP contribution is -2.48. The van der Waals surface area contributed by atoms with Gasteiger partial charge in [0.1, 0.15) is 0 Å². The molecule has 1 aliphatic rings. The molecule has 0 saturated heterocycles. The lowest BCUT2D eigenvalue weighted by Gasteiger charge is -2.31. The Kier molecular flexibility index (Phi) is 5.42. The first-order valence-electron chi connectivity index (χ1n) is 5.54. The first-order chi connectivity index (χ1) is 7.27. The Labute approximate surface area is 90.6 Å². The largest absolute Gasteiger partial charge is 0.449 e. The van der Waals surface area contributed by atoms with Gasteiger partial charge in [-0.3, -0.25) is 4.84 Å². The predicted molar refractivity (Wildman–Crippen MR) is 55.9 cm³/mol. The van der Waals surface area contributed by atoms with Crippen molar-refractivity contribution >= 4 is 6.09 Å². The zero-order valence-electron chi connectivity index (χ0n) is 9.49.